The maximum Gasteiger partial charge on any atom is 0.330 e. The lowest BCUT2D eigenvalue weighted by Crippen LogP contribution is -2.55. The summed E-state index contributed by atoms with van der Waals surface area (Å²) < 4.78 is 24.9. The Bertz CT molecular complexity index is 1500. The van der Waals surface area contributed by atoms with Crippen molar-refractivity contribution < 1.29 is 23.5 Å². The molecule has 0 N–H and O–H groups in total. The van der Waals surface area contributed by atoms with Gasteiger partial charge in [0.05, 0.1) is 19.1 Å². The molecule has 6 heteroatoms. The van der Waals surface area contributed by atoms with Crippen LogP contribution in [0.5, 0.6) is 5.75 Å². The van der Waals surface area contributed by atoms with Gasteiger partial charge in [0.1, 0.15) is 18.2 Å². The number of hydrogen-bond acceptors (Lipinski definition) is 4. The number of ether oxygens (including phenoxy) is 2. The van der Waals surface area contributed by atoms with Gasteiger partial charge in [0, 0.05) is 17.3 Å². The summed E-state index contributed by atoms with van der Waals surface area (Å²) in [6, 6.07) is 31.6. The number of β-lactam (4-membered cyclic amide) rings is 1. The highest BCUT2D eigenvalue weighted by atomic mass is 19.1. The van der Waals surface area contributed by atoms with Gasteiger partial charge in [0.2, 0.25) is 5.91 Å². The zero-order valence-corrected chi connectivity index (χ0v) is 22.9. The van der Waals surface area contributed by atoms with Crippen molar-refractivity contribution in [3.8, 4) is 5.75 Å². The summed E-state index contributed by atoms with van der Waals surface area (Å²) in [4.78, 5) is 27.0. The van der Waals surface area contributed by atoms with Crippen LogP contribution in [0.25, 0.3) is 6.08 Å². The van der Waals surface area contributed by atoms with E-state index in [1.165, 1.54) is 30.9 Å². The highest BCUT2D eigenvalue weighted by Gasteiger charge is 2.49. The van der Waals surface area contributed by atoms with Gasteiger partial charge in [0.25, 0.3) is 0 Å². The average Bonchev–Trinajstić information content (AvgIpc) is 3.01. The number of halogens is 1. The Labute approximate surface area is 239 Å². The smallest absolute Gasteiger partial charge is 0.330 e. The monoisotopic (exact) mass is 549 g/mol. The molecular weight excluding hydrogens is 517 g/mol. The standard InChI is InChI=1S/C35H32FNO4/c1-40-33(38)22-16-26-15-21-30(32(23-26)41-24-27-11-6-3-7-12-27)34-31(14-8-13-25-9-4-2-5-10-25)35(39)37(34)29-19-17-28(36)18-20-29/h2-7,9-12,15-23,31,34H,8,13-14,24H2,1H3/b22-16+. The fraction of sp³-hybridized carbons (Fsp3) is 0.200. The third-order valence-electron chi connectivity index (χ3n) is 7.35. The number of methoxy groups -OCH3 is 1. The molecule has 1 aliphatic heterocycles. The third kappa shape index (κ3) is 6.72. The SMILES string of the molecule is COC(=O)/C=C/c1ccc(C2C(CCCc3ccccc3)C(=O)N2c2ccc(F)cc2)c(OCc2ccccc2)c1. The van der Waals surface area contributed by atoms with E-state index in [0.717, 1.165) is 29.5 Å². The fourth-order valence-electron chi connectivity index (χ4n) is 5.24. The first kappa shape index (κ1) is 27.8. The number of aryl methyl sites for hydroxylation is 1. The minimum atomic E-state index is -0.452. The van der Waals surface area contributed by atoms with Crippen LogP contribution in [0.3, 0.4) is 0 Å². The molecule has 208 valence electrons. The molecule has 2 atom stereocenters. The number of amides is 1. The topological polar surface area (TPSA) is 55.8 Å². The van der Waals surface area contributed by atoms with Crippen molar-refractivity contribution in [3.63, 3.8) is 0 Å². The summed E-state index contributed by atoms with van der Waals surface area (Å²) in [5.41, 5.74) is 4.52. The second-order valence-corrected chi connectivity index (χ2v) is 10.0. The molecule has 0 aromatic heterocycles. The zero-order chi connectivity index (χ0) is 28.6. The predicted molar refractivity (Wildman–Crippen MR) is 158 cm³/mol. The molecule has 41 heavy (non-hydrogen) atoms. The lowest BCUT2D eigenvalue weighted by atomic mass is 9.78. The molecule has 2 unspecified atom stereocenters. The molecule has 5 nitrogen and oxygen atoms in total. The lowest BCUT2D eigenvalue weighted by molar-refractivity contribution is -0.134. The van der Waals surface area contributed by atoms with Gasteiger partial charge >= 0.3 is 5.97 Å². The molecule has 4 aromatic carbocycles. The van der Waals surface area contributed by atoms with Gasteiger partial charge in [-0.25, -0.2) is 9.18 Å². The number of anilines is 1. The molecular formula is C35H32FNO4. The summed E-state index contributed by atoms with van der Waals surface area (Å²) in [5, 5.41) is 0. The molecule has 1 amide bonds. The van der Waals surface area contributed by atoms with E-state index in [-0.39, 0.29) is 23.7 Å². The summed E-state index contributed by atoms with van der Waals surface area (Å²) in [6.07, 6.45) is 5.47. The van der Waals surface area contributed by atoms with E-state index < -0.39 is 5.97 Å². The zero-order valence-electron chi connectivity index (χ0n) is 22.9. The highest BCUT2D eigenvalue weighted by molar-refractivity contribution is 6.03. The van der Waals surface area contributed by atoms with Gasteiger partial charge in [-0.2, -0.15) is 0 Å². The first-order chi connectivity index (χ1) is 20.0. The molecule has 5 rings (SSSR count). The average molecular weight is 550 g/mol. The highest BCUT2D eigenvalue weighted by Crippen LogP contribution is 2.48. The van der Waals surface area contributed by atoms with E-state index in [4.69, 9.17) is 9.47 Å². The molecule has 1 fully saturated rings. The second-order valence-electron chi connectivity index (χ2n) is 10.0. The van der Waals surface area contributed by atoms with Crippen molar-refractivity contribution >= 4 is 23.6 Å². The quantitative estimate of drug-likeness (QED) is 0.112. The Morgan fingerprint density at radius 3 is 2.27 bits per heavy atom. The Morgan fingerprint density at radius 2 is 1.59 bits per heavy atom. The summed E-state index contributed by atoms with van der Waals surface area (Å²) >= 11 is 0. The van der Waals surface area contributed by atoms with Crippen molar-refractivity contribution in [2.45, 2.75) is 31.9 Å². The van der Waals surface area contributed by atoms with Crippen LogP contribution in [0, 0.1) is 11.7 Å². The largest absolute Gasteiger partial charge is 0.489 e. The Hall–Kier alpha value is -4.71. The van der Waals surface area contributed by atoms with Crippen LogP contribution in [0.4, 0.5) is 10.1 Å². The van der Waals surface area contributed by atoms with E-state index >= 15 is 0 Å². The van der Waals surface area contributed by atoms with E-state index in [0.29, 0.717) is 24.5 Å². The summed E-state index contributed by atoms with van der Waals surface area (Å²) in [7, 11) is 1.33. The van der Waals surface area contributed by atoms with Crippen molar-refractivity contribution in [3.05, 3.63) is 137 Å². The van der Waals surface area contributed by atoms with Crippen molar-refractivity contribution in [2.75, 3.05) is 12.0 Å². The van der Waals surface area contributed by atoms with Crippen LogP contribution in [0.2, 0.25) is 0 Å². The predicted octanol–water partition coefficient (Wildman–Crippen LogP) is 7.32. The van der Waals surface area contributed by atoms with E-state index in [9.17, 15) is 14.0 Å². The van der Waals surface area contributed by atoms with E-state index in [1.807, 2.05) is 66.7 Å². The number of hydrogen-bond donors (Lipinski definition) is 0. The Balaban J connectivity index is 1.47. The molecule has 0 saturated carbocycles. The molecule has 1 heterocycles. The summed E-state index contributed by atoms with van der Waals surface area (Å²) in [6.45, 7) is 0.341. The van der Waals surface area contributed by atoms with E-state index in [2.05, 4.69) is 12.1 Å². The summed E-state index contributed by atoms with van der Waals surface area (Å²) in [5.74, 6) is -0.422. The lowest BCUT2D eigenvalue weighted by Gasteiger charge is -2.48. The minimum absolute atomic E-state index is 0.0124. The van der Waals surface area contributed by atoms with Crippen molar-refractivity contribution in [1.29, 1.82) is 0 Å². The van der Waals surface area contributed by atoms with Gasteiger partial charge < -0.3 is 14.4 Å². The first-order valence-corrected chi connectivity index (χ1v) is 13.7. The minimum Gasteiger partial charge on any atom is -0.489 e. The molecule has 0 aliphatic carbocycles. The molecule has 0 spiro atoms. The first-order valence-electron chi connectivity index (χ1n) is 13.7. The molecule has 4 aromatic rings. The number of nitrogens with zero attached hydrogens (tertiary/aromatic N) is 1. The number of benzene rings is 4. The normalized spacial score (nSPS) is 16.4. The second kappa shape index (κ2) is 13.1. The van der Waals surface area contributed by atoms with Crippen molar-refractivity contribution in [2.24, 2.45) is 5.92 Å². The number of carbonyl (C=O) groups excluding carboxylic acids is 2. The van der Waals surface area contributed by atoms with Crippen LogP contribution >= 0.6 is 0 Å². The van der Waals surface area contributed by atoms with Gasteiger partial charge in [-0.1, -0.05) is 72.8 Å². The molecule has 0 bridgehead atoms. The fourth-order valence-corrected chi connectivity index (χ4v) is 5.24. The van der Waals surface area contributed by atoms with Gasteiger partial charge in [-0.15, -0.1) is 0 Å². The Morgan fingerprint density at radius 1 is 0.902 bits per heavy atom. The van der Waals surface area contributed by atoms with Gasteiger partial charge in [0.15, 0.2) is 0 Å². The molecule has 1 aliphatic rings. The maximum atomic E-state index is 13.8. The third-order valence-corrected chi connectivity index (χ3v) is 7.35. The van der Waals surface area contributed by atoms with Crippen LogP contribution in [0.15, 0.2) is 109 Å². The maximum absolute atomic E-state index is 13.8. The number of rotatable bonds is 11. The Kier molecular flexibility index (Phi) is 8.89. The molecule has 1 saturated heterocycles. The van der Waals surface area contributed by atoms with Crippen LogP contribution < -0.4 is 9.64 Å². The van der Waals surface area contributed by atoms with Crippen LogP contribution in [0.1, 0.15) is 41.1 Å². The van der Waals surface area contributed by atoms with Crippen molar-refractivity contribution in [1.82, 2.24) is 0 Å². The number of esters is 1. The van der Waals surface area contributed by atoms with Crippen LogP contribution in [-0.2, 0) is 27.4 Å². The van der Waals surface area contributed by atoms with Crippen LogP contribution in [-0.4, -0.2) is 19.0 Å². The van der Waals surface area contributed by atoms with E-state index in [1.54, 1.807) is 23.1 Å². The van der Waals surface area contributed by atoms with Gasteiger partial charge in [-0.3, -0.25) is 4.79 Å². The molecule has 0 radical (unpaired) electrons. The van der Waals surface area contributed by atoms with Gasteiger partial charge in [-0.05, 0) is 72.4 Å². The number of carbonyl (C=O) groups is 2.